The van der Waals surface area contributed by atoms with E-state index in [1.54, 1.807) is 12.1 Å². The minimum absolute atomic E-state index is 0.0443. The second kappa shape index (κ2) is 6.37. The van der Waals surface area contributed by atoms with Crippen LogP contribution in [0.5, 0.6) is 0 Å². The number of carbonyl (C=O) groups is 1. The molecule has 0 spiro atoms. The number of hydrogen-bond donors (Lipinski definition) is 1. The summed E-state index contributed by atoms with van der Waals surface area (Å²) in [6, 6.07) is 9.47. The summed E-state index contributed by atoms with van der Waals surface area (Å²) >= 11 is 3.20. The van der Waals surface area contributed by atoms with E-state index in [4.69, 9.17) is 8.83 Å². The number of nitrogens with one attached hydrogen (secondary N) is 1. The summed E-state index contributed by atoms with van der Waals surface area (Å²) in [5.41, 5.74) is 3.15. The summed E-state index contributed by atoms with van der Waals surface area (Å²) < 4.78 is 11.3. The van der Waals surface area contributed by atoms with E-state index in [2.05, 4.69) is 31.4 Å². The van der Waals surface area contributed by atoms with Crippen molar-refractivity contribution in [3.8, 4) is 11.7 Å². The van der Waals surface area contributed by atoms with Crippen molar-refractivity contribution >= 4 is 27.9 Å². The topological polar surface area (TPSA) is 81.2 Å². The van der Waals surface area contributed by atoms with Crippen LogP contribution >= 0.6 is 15.9 Å². The van der Waals surface area contributed by atoms with Gasteiger partial charge in [0.25, 0.3) is 5.89 Å². The van der Waals surface area contributed by atoms with E-state index in [0.29, 0.717) is 10.4 Å². The number of aromatic nitrogens is 2. The lowest BCUT2D eigenvalue weighted by atomic mass is 10.0. The molecule has 0 atom stereocenters. The molecule has 118 valence electrons. The lowest BCUT2D eigenvalue weighted by molar-refractivity contribution is -0.115. The molecule has 0 saturated carbocycles. The third-order valence-electron chi connectivity index (χ3n) is 3.31. The summed E-state index contributed by atoms with van der Waals surface area (Å²) in [5, 5.41) is 10.2. The van der Waals surface area contributed by atoms with Crippen LogP contribution in [0.1, 0.15) is 16.7 Å². The van der Waals surface area contributed by atoms with Crippen molar-refractivity contribution in [3.05, 3.63) is 51.7 Å². The fourth-order valence-corrected chi connectivity index (χ4v) is 2.44. The molecule has 0 aliphatic heterocycles. The Bertz CT molecular complexity index is 854. The Morgan fingerprint density at radius 2 is 2.00 bits per heavy atom. The maximum absolute atomic E-state index is 12.1. The van der Waals surface area contributed by atoms with Crippen LogP contribution in [-0.2, 0) is 11.2 Å². The Balaban J connectivity index is 1.69. The van der Waals surface area contributed by atoms with E-state index < -0.39 is 0 Å². The molecular formula is C16H14BrN3O3. The highest BCUT2D eigenvalue weighted by molar-refractivity contribution is 9.10. The number of anilines is 1. The molecule has 0 saturated heterocycles. The molecule has 2 heterocycles. The van der Waals surface area contributed by atoms with E-state index >= 15 is 0 Å². The van der Waals surface area contributed by atoms with E-state index in [-0.39, 0.29) is 24.2 Å². The first-order chi connectivity index (χ1) is 11.0. The van der Waals surface area contributed by atoms with Gasteiger partial charge in [0.15, 0.2) is 10.4 Å². The predicted molar refractivity (Wildman–Crippen MR) is 87.9 cm³/mol. The van der Waals surface area contributed by atoms with Crippen LogP contribution < -0.4 is 5.32 Å². The van der Waals surface area contributed by atoms with Crippen LogP contribution in [0.3, 0.4) is 0 Å². The van der Waals surface area contributed by atoms with Gasteiger partial charge in [-0.15, -0.1) is 5.10 Å². The van der Waals surface area contributed by atoms with Crippen molar-refractivity contribution in [2.24, 2.45) is 0 Å². The van der Waals surface area contributed by atoms with E-state index in [9.17, 15) is 4.79 Å². The van der Waals surface area contributed by atoms with Crippen LogP contribution in [0, 0.1) is 13.8 Å². The second-order valence-electron chi connectivity index (χ2n) is 5.17. The first-order valence-electron chi connectivity index (χ1n) is 6.96. The SMILES string of the molecule is Cc1ccc(C)c(CC(=O)Nc2nnc(-c3ccc(Br)o3)o2)c1. The lowest BCUT2D eigenvalue weighted by Gasteiger charge is -2.06. The summed E-state index contributed by atoms with van der Waals surface area (Å²) in [5.74, 6) is 0.423. The van der Waals surface area contributed by atoms with Gasteiger partial charge in [-0.3, -0.25) is 10.1 Å². The first kappa shape index (κ1) is 15.5. The Morgan fingerprint density at radius 1 is 1.17 bits per heavy atom. The van der Waals surface area contributed by atoms with Gasteiger partial charge >= 0.3 is 6.01 Å². The van der Waals surface area contributed by atoms with Crippen molar-refractivity contribution < 1.29 is 13.6 Å². The van der Waals surface area contributed by atoms with E-state index in [1.807, 2.05) is 32.0 Å². The molecule has 3 rings (SSSR count). The molecule has 0 aliphatic rings. The molecule has 1 N–H and O–H groups in total. The number of furan rings is 1. The van der Waals surface area contributed by atoms with Gasteiger partial charge < -0.3 is 8.83 Å². The predicted octanol–water partition coefficient (Wildman–Crippen LogP) is 3.89. The van der Waals surface area contributed by atoms with Crippen molar-refractivity contribution in [1.82, 2.24) is 10.2 Å². The monoisotopic (exact) mass is 375 g/mol. The number of aryl methyl sites for hydroxylation is 2. The Morgan fingerprint density at radius 3 is 2.74 bits per heavy atom. The lowest BCUT2D eigenvalue weighted by Crippen LogP contribution is -2.15. The van der Waals surface area contributed by atoms with E-state index in [1.165, 1.54) is 0 Å². The summed E-state index contributed by atoms with van der Waals surface area (Å²) in [7, 11) is 0. The van der Waals surface area contributed by atoms with Gasteiger partial charge in [0.2, 0.25) is 5.91 Å². The van der Waals surface area contributed by atoms with Crippen LogP contribution in [-0.4, -0.2) is 16.1 Å². The van der Waals surface area contributed by atoms with Crippen molar-refractivity contribution in [1.29, 1.82) is 0 Å². The molecule has 3 aromatic rings. The third-order valence-corrected chi connectivity index (χ3v) is 3.74. The maximum atomic E-state index is 12.1. The van der Waals surface area contributed by atoms with E-state index in [0.717, 1.165) is 16.7 Å². The molecule has 0 unspecified atom stereocenters. The summed E-state index contributed by atoms with van der Waals surface area (Å²) in [6.07, 6.45) is 0.248. The van der Waals surface area contributed by atoms with Crippen molar-refractivity contribution in [2.45, 2.75) is 20.3 Å². The quantitative estimate of drug-likeness (QED) is 0.747. The average molecular weight is 376 g/mol. The second-order valence-corrected chi connectivity index (χ2v) is 5.95. The number of nitrogens with zero attached hydrogens (tertiary/aromatic N) is 2. The van der Waals surface area contributed by atoms with Gasteiger partial charge in [-0.05, 0) is 53.0 Å². The number of rotatable bonds is 4. The first-order valence-corrected chi connectivity index (χ1v) is 7.76. The number of carbonyl (C=O) groups excluding carboxylic acids is 1. The average Bonchev–Trinajstić information content (AvgIpc) is 3.12. The third kappa shape index (κ3) is 3.68. The maximum Gasteiger partial charge on any atom is 0.322 e. The molecule has 0 fully saturated rings. The molecule has 6 nitrogen and oxygen atoms in total. The zero-order chi connectivity index (χ0) is 16.4. The fourth-order valence-electron chi connectivity index (χ4n) is 2.13. The molecule has 0 radical (unpaired) electrons. The smallest absolute Gasteiger partial charge is 0.322 e. The normalized spacial score (nSPS) is 10.7. The summed E-state index contributed by atoms with van der Waals surface area (Å²) in [6.45, 7) is 3.97. The number of amides is 1. The molecule has 0 bridgehead atoms. The molecule has 23 heavy (non-hydrogen) atoms. The minimum Gasteiger partial charge on any atom is -0.444 e. The molecule has 1 amide bonds. The molecule has 0 aliphatic carbocycles. The zero-order valence-corrected chi connectivity index (χ0v) is 14.2. The van der Waals surface area contributed by atoms with Gasteiger partial charge in [0.1, 0.15) is 0 Å². The number of halogens is 1. The number of benzene rings is 1. The van der Waals surface area contributed by atoms with Crippen LogP contribution in [0.4, 0.5) is 6.01 Å². The highest BCUT2D eigenvalue weighted by Gasteiger charge is 2.14. The minimum atomic E-state index is -0.213. The molecular weight excluding hydrogens is 362 g/mol. The highest BCUT2D eigenvalue weighted by Crippen LogP contribution is 2.25. The molecule has 7 heteroatoms. The van der Waals surface area contributed by atoms with Crippen LogP contribution in [0.2, 0.25) is 0 Å². The van der Waals surface area contributed by atoms with Crippen molar-refractivity contribution in [2.75, 3.05) is 5.32 Å². The highest BCUT2D eigenvalue weighted by atomic mass is 79.9. The van der Waals surface area contributed by atoms with Crippen LogP contribution in [0.15, 0.2) is 43.8 Å². The zero-order valence-electron chi connectivity index (χ0n) is 12.6. The standard InChI is InChI=1S/C16H14BrN3O3/c1-9-3-4-10(2)11(7-9)8-14(21)18-16-20-19-15(23-16)12-5-6-13(17)22-12/h3-7H,8H2,1-2H3,(H,18,20,21). The Labute approximate surface area is 141 Å². The largest absolute Gasteiger partial charge is 0.444 e. The van der Waals surface area contributed by atoms with Crippen LogP contribution in [0.25, 0.3) is 11.7 Å². The van der Waals surface area contributed by atoms with Gasteiger partial charge in [-0.2, -0.15) is 0 Å². The summed E-state index contributed by atoms with van der Waals surface area (Å²) in [4.78, 5) is 12.1. The van der Waals surface area contributed by atoms with Gasteiger partial charge in [-0.1, -0.05) is 28.9 Å². The molecule has 1 aromatic carbocycles. The van der Waals surface area contributed by atoms with Gasteiger partial charge in [-0.25, -0.2) is 0 Å². The van der Waals surface area contributed by atoms with Crippen molar-refractivity contribution in [3.63, 3.8) is 0 Å². The fraction of sp³-hybridized carbons (Fsp3) is 0.188. The Hall–Kier alpha value is -2.41. The van der Waals surface area contributed by atoms with Gasteiger partial charge in [0.05, 0.1) is 6.42 Å². The number of hydrogen-bond acceptors (Lipinski definition) is 5. The Kier molecular flexibility index (Phi) is 4.29. The molecule has 2 aromatic heterocycles. The van der Waals surface area contributed by atoms with Gasteiger partial charge in [0, 0.05) is 0 Å².